The molecule has 116 valence electrons. The maximum absolute atomic E-state index is 12.7. The van der Waals surface area contributed by atoms with E-state index in [1.54, 1.807) is 24.7 Å². The van der Waals surface area contributed by atoms with Crippen molar-refractivity contribution >= 4 is 11.0 Å². The third-order valence-corrected chi connectivity index (χ3v) is 3.59. The van der Waals surface area contributed by atoms with Gasteiger partial charge in [0.1, 0.15) is 0 Å². The van der Waals surface area contributed by atoms with E-state index < -0.39 is 12.0 Å². The van der Waals surface area contributed by atoms with Crippen molar-refractivity contribution in [3.63, 3.8) is 0 Å². The fourth-order valence-corrected chi connectivity index (χ4v) is 2.68. The van der Waals surface area contributed by atoms with E-state index >= 15 is 0 Å². The highest BCUT2D eigenvalue weighted by molar-refractivity contribution is 5.76. The number of aromatic amines is 1. The first-order valence-corrected chi connectivity index (χ1v) is 6.90. The van der Waals surface area contributed by atoms with E-state index in [0.29, 0.717) is 11.0 Å². The molecule has 0 aliphatic rings. The molecule has 3 rings (SSSR count). The van der Waals surface area contributed by atoms with Crippen LogP contribution in [0.1, 0.15) is 31.3 Å². The van der Waals surface area contributed by atoms with Crippen LogP contribution in [0.3, 0.4) is 0 Å². The molecule has 0 amide bonds. The molecule has 2 aromatic heterocycles. The Labute approximate surface area is 125 Å². The minimum atomic E-state index is -4.47. The van der Waals surface area contributed by atoms with Gasteiger partial charge < -0.3 is 9.55 Å². The summed E-state index contributed by atoms with van der Waals surface area (Å²) < 4.78 is 40.1. The second kappa shape index (κ2) is 5.15. The van der Waals surface area contributed by atoms with Gasteiger partial charge in [-0.05, 0) is 23.6 Å². The Morgan fingerprint density at radius 3 is 2.59 bits per heavy atom. The molecule has 1 unspecified atom stereocenters. The number of benzene rings is 1. The summed E-state index contributed by atoms with van der Waals surface area (Å²) in [6, 6.07) is 5.16. The number of alkyl halides is 3. The highest BCUT2D eigenvalue weighted by Gasteiger charge is 2.34. The molecule has 0 saturated heterocycles. The smallest absolute Gasteiger partial charge is 0.334 e. The van der Waals surface area contributed by atoms with Gasteiger partial charge >= 0.3 is 6.18 Å². The first kappa shape index (κ1) is 14.6. The highest BCUT2D eigenvalue weighted by Crippen LogP contribution is 2.31. The lowest BCUT2D eigenvalue weighted by molar-refractivity contribution is -0.144. The number of rotatable bonds is 3. The highest BCUT2D eigenvalue weighted by atomic mass is 19.4. The van der Waals surface area contributed by atoms with E-state index in [0.717, 1.165) is 5.56 Å². The Morgan fingerprint density at radius 2 is 2.00 bits per heavy atom. The summed E-state index contributed by atoms with van der Waals surface area (Å²) in [6.07, 6.45) is 0.777. The zero-order valence-corrected chi connectivity index (χ0v) is 12.1. The van der Waals surface area contributed by atoms with Gasteiger partial charge in [0.15, 0.2) is 0 Å². The van der Waals surface area contributed by atoms with E-state index in [1.165, 1.54) is 0 Å². The van der Waals surface area contributed by atoms with Crippen molar-refractivity contribution in [1.82, 2.24) is 19.5 Å². The van der Waals surface area contributed by atoms with Gasteiger partial charge in [0.05, 0.1) is 23.4 Å². The summed E-state index contributed by atoms with van der Waals surface area (Å²) >= 11 is 0. The maximum atomic E-state index is 12.7. The summed E-state index contributed by atoms with van der Waals surface area (Å²) in [6.45, 7) is 4.12. The van der Waals surface area contributed by atoms with Crippen molar-refractivity contribution in [2.45, 2.75) is 26.1 Å². The van der Waals surface area contributed by atoms with Crippen LogP contribution >= 0.6 is 0 Å². The van der Waals surface area contributed by atoms with Gasteiger partial charge in [-0.15, -0.1) is 0 Å². The molecule has 0 aliphatic heterocycles. The van der Waals surface area contributed by atoms with Crippen LogP contribution in [0.25, 0.3) is 11.0 Å². The molecule has 1 aromatic carbocycles. The lowest BCUT2D eigenvalue weighted by Crippen LogP contribution is -2.15. The Hall–Kier alpha value is -2.31. The molecule has 0 saturated carbocycles. The van der Waals surface area contributed by atoms with Crippen LogP contribution < -0.4 is 0 Å². The Balaban J connectivity index is 2.07. The largest absolute Gasteiger partial charge is 0.449 e. The summed E-state index contributed by atoms with van der Waals surface area (Å²) in [5.74, 6) is -0.708. The van der Waals surface area contributed by atoms with Crippen LogP contribution in [0.5, 0.6) is 0 Å². The fraction of sp³-hybridized carbons (Fsp3) is 0.333. The van der Waals surface area contributed by atoms with Crippen molar-refractivity contribution in [2.75, 3.05) is 0 Å². The molecule has 7 heteroatoms. The maximum Gasteiger partial charge on any atom is 0.449 e. The van der Waals surface area contributed by atoms with Crippen molar-refractivity contribution in [3.8, 4) is 0 Å². The molecule has 0 aliphatic carbocycles. The normalized spacial score (nSPS) is 13.9. The third-order valence-electron chi connectivity index (χ3n) is 3.59. The van der Waals surface area contributed by atoms with E-state index in [9.17, 15) is 13.2 Å². The lowest BCUT2D eigenvalue weighted by atomic mass is 9.95. The van der Waals surface area contributed by atoms with Gasteiger partial charge in [-0.2, -0.15) is 13.2 Å². The van der Waals surface area contributed by atoms with Crippen LogP contribution in [0.4, 0.5) is 13.2 Å². The number of nitrogens with zero attached hydrogens (tertiary/aromatic N) is 3. The number of hydrogen-bond donors (Lipinski definition) is 1. The Bertz CT molecular complexity index is 772. The van der Waals surface area contributed by atoms with Crippen LogP contribution in [0.15, 0.2) is 36.9 Å². The standard InChI is InChI=1S/C15H15F3N4/c1-9(2)13(22-6-5-19-8-22)10-3-4-11-12(7-10)21-14(20-11)15(16,17)18/h3-9,13H,1-2H3,(H,20,21). The number of aromatic nitrogens is 4. The first-order chi connectivity index (χ1) is 10.4. The van der Waals surface area contributed by atoms with Crippen molar-refractivity contribution in [1.29, 1.82) is 0 Å². The van der Waals surface area contributed by atoms with Crippen LogP contribution in [-0.2, 0) is 6.18 Å². The summed E-state index contributed by atoms with van der Waals surface area (Å²) in [4.78, 5) is 9.99. The van der Waals surface area contributed by atoms with Crippen LogP contribution in [0, 0.1) is 5.92 Å². The molecule has 0 spiro atoms. The number of nitrogens with one attached hydrogen (secondary N) is 1. The Morgan fingerprint density at radius 1 is 1.23 bits per heavy atom. The third kappa shape index (κ3) is 2.58. The average molecular weight is 308 g/mol. The first-order valence-electron chi connectivity index (χ1n) is 6.90. The Kier molecular flexibility index (Phi) is 3.42. The molecule has 4 nitrogen and oxygen atoms in total. The van der Waals surface area contributed by atoms with Gasteiger partial charge in [0.2, 0.25) is 5.82 Å². The zero-order valence-electron chi connectivity index (χ0n) is 12.1. The van der Waals surface area contributed by atoms with Crippen molar-refractivity contribution in [2.24, 2.45) is 5.92 Å². The van der Waals surface area contributed by atoms with E-state index in [1.807, 2.05) is 16.8 Å². The number of H-pyrrole nitrogens is 1. The quantitative estimate of drug-likeness (QED) is 0.794. The summed E-state index contributed by atoms with van der Waals surface area (Å²) in [7, 11) is 0. The van der Waals surface area contributed by atoms with Gasteiger partial charge in [-0.3, -0.25) is 0 Å². The lowest BCUT2D eigenvalue weighted by Gasteiger charge is -2.22. The van der Waals surface area contributed by atoms with E-state index in [-0.39, 0.29) is 12.0 Å². The number of fused-ring (bicyclic) bond motifs is 1. The second-order valence-corrected chi connectivity index (χ2v) is 5.56. The molecule has 0 radical (unpaired) electrons. The topological polar surface area (TPSA) is 46.5 Å². The monoisotopic (exact) mass is 308 g/mol. The SMILES string of the molecule is CC(C)C(c1ccc2nc(C(F)(F)F)[nH]c2c1)n1ccnc1. The van der Waals surface area contributed by atoms with Crippen LogP contribution in [-0.4, -0.2) is 19.5 Å². The van der Waals surface area contributed by atoms with Gasteiger partial charge in [0, 0.05) is 12.4 Å². The predicted molar refractivity (Wildman–Crippen MR) is 76.3 cm³/mol. The molecular weight excluding hydrogens is 293 g/mol. The molecule has 0 fully saturated rings. The average Bonchev–Trinajstić information content (AvgIpc) is 3.05. The number of imidazole rings is 2. The van der Waals surface area contributed by atoms with Gasteiger partial charge in [-0.25, -0.2) is 9.97 Å². The fourth-order valence-electron chi connectivity index (χ4n) is 2.68. The summed E-state index contributed by atoms with van der Waals surface area (Å²) in [5.41, 5.74) is 1.61. The molecule has 1 N–H and O–H groups in total. The molecule has 1 atom stereocenters. The van der Waals surface area contributed by atoms with Crippen molar-refractivity contribution < 1.29 is 13.2 Å². The summed E-state index contributed by atoms with van der Waals surface area (Å²) in [5, 5.41) is 0. The van der Waals surface area contributed by atoms with Gasteiger partial charge in [-0.1, -0.05) is 19.9 Å². The van der Waals surface area contributed by atoms with Crippen LogP contribution in [0.2, 0.25) is 0 Å². The molecule has 0 bridgehead atoms. The molecule has 2 heterocycles. The second-order valence-electron chi connectivity index (χ2n) is 5.56. The minimum Gasteiger partial charge on any atom is -0.334 e. The minimum absolute atomic E-state index is 0.00420. The number of hydrogen-bond acceptors (Lipinski definition) is 2. The number of halogens is 3. The molecular formula is C15H15F3N4. The van der Waals surface area contributed by atoms with E-state index in [4.69, 9.17) is 0 Å². The zero-order chi connectivity index (χ0) is 15.9. The van der Waals surface area contributed by atoms with Gasteiger partial charge in [0.25, 0.3) is 0 Å². The van der Waals surface area contributed by atoms with E-state index in [2.05, 4.69) is 28.8 Å². The molecule has 3 aromatic rings. The van der Waals surface area contributed by atoms with Crippen molar-refractivity contribution in [3.05, 3.63) is 48.3 Å². The molecule has 22 heavy (non-hydrogen) atoms. The predicted octanol–water partition coefficient (Wildman–Crippen LogP) is 4.02.